The Labute approximate surface area is 169 Å². The topological polar surface area (TPSA) is 112 Å². The minimum atomic E-state index is -1.85. The van der Waals surface area contributed by atoms with Gasteiger partial charge in [-0.05, 0) is 40.2 Å². The zero-order chi connectivity index (χ0) is 21.6. The summed E-state index contributed by atoms with van der Waals surface area (Å²) in [5, 5.41) is 22.2. The smallest absolute Gasteiger partial charge is 0.342 e. The van der Waals surface area contributed by atoms with Crippen LogP contribution in [-0.2, 0) is 28.5 Å². The van der Waals surface area contributed by atoms with Crippen LogP contribution >= 0.6 is 0 Å². The van der Waals surface area contributed by atoms with E-state index in [4.69, 9.17) is 18.9 Å². The summed E-state index contributed by atoms with van der Waals surface area (Å²) in [7, 11) is 0. The van der Waals surface area contributed by atoms with Gasteiger partial charge in [0.1, 0.15) is 17.5 Å². The van der Waals surface area contributed by atoms with Gasteiger partial charge in [-0.3, -0.25) is 0 Å². The highest BCUT2D eigenvalue weighted by molar-refractivity contribution is 5.95. The Bertz CT molecular complexity index is 807. The third kappa shape index (κ3) is 3.90. The molecule has 2 N–H and O–H groups in total. The highest BCUT2D eigenvalue weighted by atomic mass is 16.7. The van der Waals surface area contributed by atoms with Crippen molar-refractivity contribution in [2.75, 3.05) is 13.2 Å². The van der Waals surface area contributed by atoms with Crippen LogP contribution in [0.2, 0.25) is 0 Å². The molecule has 0 aliphatic carbocycles. The third-order valence-electron chi connectivity index (χ3n) is 5.63. The molecule has 3 rings (SSSR count). The molecule has 160 valence electrons. The maximum atomic E-state index is 12.5. The summed E-state index contributed by atoms with van der Waals surface area (Å²) < 4.78 is 22.3. The summed E-state index contributed by atoms with van der Waals surface area (Å²) >= 11 is 0. The van der Waals surface area contributed by atoms with Crippen molar-refractivity contribution in [2.24, 2.45) is 0 Å². The first-order valence-corrected chi connectivity index (χ1v) is 9.69. The van der Waals surface area contributed by atoms with E-state index in [0.29, 0.717) is 18.6 Å². The quantitative estimate of drug-likeness (QED) is 0.522. The van der Waals surface area contributed by atoms with Crippen LogP contribution in [0.3, 0.4) is 0 Å². The predicted octanol–water partition coefficient (Wildman–Crippen LogP) is 1.66. The Morgan fingerprint density at radius 3 is 2.66 bits per heavy atom. The second-order valence-corrected chi connectivity index (χ2v) is 8.28. The fraction of sp³-hybridized carbons (Fsp3) is 0.619. The number of carbonyl (C=O) groups excluding carboxylic acids is 2. The fourth-order valence-corrected chi connectivity index (χ4v) is 3.89. The number of ether oxygens (including phenoxy) is 4. The minimum Gasteiger partial charge on any atom is -0.454 e. The van der Waals surface area contributed by atoms with Gasteiger partial charge in [0.2, 0.25) is 0 Å². The van der Waals surface area contributed by atoms with Gasteiger partial charge in [0.05, 0.1) is 17.8 Å². The van der Waals surface area contributed by atoms with Crippen LogP contribution in [0.5, 0.6) is 0 Å². The number of fused-ring (bicyclic) bond motifs is 3. The SMILES string of the molecule is C=C(C)C(=O)OC1CC(C)(O)C2(O)CCC(C)(/C=C3/OC(=O)C(COCC)=C31)O2. The van der Waals surface area contributed by atoms with Crippen molar-refractivity contribution in [3.8, 4) is 0 Å². The number of aliphatic hydroxyl groups is 2. The molecule has 0 spiro atoms. The summed E-state index contributed by atoms with van der Waals surface area (Å²) in [6.45, 7) is 10.4. The molecule has 0 aromatic carbocycles. The zero-order valence-corrected chi connectivity index (χ0v) is 17.2. The summed E-state index contributed by atoms with van der Waals surface area (Å²) in [6, 6.07) is 0. The molecule has 1 saturated heterocycles. The van der Waals surface area contributed by atoms with Crippen molar-refractivity contribution in [1.82, 2.24) is 0 Å². The van der Waals surface area contributed by atoms with Gasteiger partial charge < -0.3 is 29.2 Å². The van der Waals surface area contributed by atoms with E-state index in [9.17, 15) is 19.8 Å². The van der Waals surface area contributed by atoms with E-state index in [1.54, 1.807) is 19.9 Å². The van der Waals surface area contributed by atoms with Crippen LogP contribution in [0.25, 0.3) is 0 Å². The summed E-state index contributed by atoms with van der Waals surface area (Å²) in [5.41, 5.74) is -2.06. The van der Waals surface area contributed by atoms with Crippen LogP contribution in [0.15, 0.2) is 35.1 Å². The molecule has 0 aromatic heterocycles. The van der Waals surface area contributed by atoms with Crippen LogP contribution < -0.4 is 0 Å². The maximum Gasteiger partial charge on any atom is 0.342 e. The molecule has 0 amide bonds. The molecule has 4 atom stereocenters. The Morgan fingerprint density at radius 2 is 2.03 bits per heavy atom. The summed E-state index contributed by atoms with van der Waals surface area (Å²) in [6.07, 6.45) is 0.890. The lowest BCUT2D eigenvalue weighted by Crippen LogP contribution is -2.54. The van der Waals surface area contributed by atoms with E-state index in [1.807, 2.05) is 0 Å². The second kappa shape index (κ2) is 7.36. The number of hydrogen-bond acceptors (Lipinski definition) is 8. The first kappa shape index (κ1) is 21.7. The van der Waals surface area contributed by atoms with Crippen molar-refractivity contribution in [2.45, 2.75) is 70.1 Å². The van der Waals surface area contributed by atoms with Crippen LogP contribution in [-0.4, -0.2) is 58.5 Å². The first-order chi connectivity index (χ1) is 13.4. The molecular formula is C21H28O8. The third-order valence-corrected chi connectivity index (χ3v) is 5.63. The molecule has 0 radical (unpaired) electrons. The first-order valence-electron chi connectivity index (χ1n) is 9.69. The molecule has 8 nitrogen and oxygen atoms in total. The zero-order valence-electron chi connectivity index (χ0n) is 17.2. The molecule has 3 aliphatic heterocycles. The maximum absolute atomic E-state index is 12.5. The molecule has 8 heteroatoms. The Balaban J connectivity index is 2.17. The summed E-state index contributed by atoms with van der Waals surface area (Å²) in [5.74, 6) is -2.95. The Kier molecular flexibility index (Phi) is 5.51. The van der Waals surface area contributed by atoms with E-state index in [1.165, 1.54) is 13.8 Å². The lowest BCUT2D eigenvalue weighted by Gasteiger charge is -2.40. The van der Waals surface area contributed by atoms with E-state index in [2.05, 4.69) is 6.58 Å². The van der Waals surface area contributed by atoms with Gasteiger partial charge >= 0.3 is 11.9 Å². The average molecular weight is 408 g/mol. The molecule has 1 fully saturated rings. The standard InChI is InChI=1S/C21H28O8/c1-6-26-11-13-16-14(28-18(13)23)9-19(4)7-8-21(25,29-19)20(5,24)10-15(16)27-17(22)12(2)3/h9,15,24-25H,2,6-8,10-11H2,1,3-5H3/b14-9+. The Hall–Kier alpha value is -2.00. The lowest BCUT2D eigenvalue weighted by molar-refractivity contribution is -0.298. The van der Waals surface area contributed by atoms with Crippen molar-refractivity contribution in [1.29, 1.82) is 0 Å². The van der Waals surface area contributed by atoms with Crippen molar-refractivity contribution >= 4 is 11.9 Å². The normalized spacial score (nSPS) is 38.3. The van der Waals surface area contributed by atoms with Gasteiger partial charge in [-0.15, -0.1) is 0 Å². The van der Waals surface area contributed by atoms with E-state index < -0.39 is 35.0 Å². The summed E-state index contributed by atoms with van der Waals surface area (Å²) in [4.78, 5) is 24.8. The van der Waals surface area contributed by atoms with E-state index in [-0.39, 0.29) is 36.4 Å². The van der Waals surface area contributed by atoms with Crippen LogP contribution in [0.4, 0.5) is 0 Å². The van der Waals surface area contributed by atoms with Gasteiger partial charge in [0, 0.05) is 30.6 Å². The second-order valence-electron chi connectivity index (χ2n) is 8.28. The van der Waals surface area contributed by atoms with Gasteiger partial charge in [-0.1, -0.05) is 6.58 Å². The molecule has 3 aliphatic rings. The Morgan fingerprint density at radius 1 is 1.34 bits per heavy atom. The lowest BCUT2D eigenvalue weighted by atomic mass is 9.82. The van der Waals surface area contributed by atoms with E-state index >= 15 is 0 Å². The van der Waals surface area contributed by atoms with Crippen LogP contribution in [0.1, 0.15) is 47.0 Å². The van der Waals surface area contributed by atoms with Gasteiger partial charge in [-0.2, -0.15) is 0 Å². The van der Waals surface area contributed by atoms with Crippen molar-refractivity contribution in [3.63, 3.8) is 0 Å². The monoisotopic (exact) mass is 408 g/mol. The molecule has 3 heterocycles. The highest BCUT2D eigenvalue weighted by Gasteiger charge is 2.58. The molecule has 0 aromatic rings. The van der Waals surface area contributed by atoms with Gasteiger partial charge in [0.25, 0.3) is 0 Å². The molecule has 29 heavy (non-hydrogen) atoms. The largest absolute Gasteiger partial charge is 0.454 e. The number of esters is 2. The number of hydrogen-bond donors (Lipinski definition) is 2. The predicted molar refractivity (Wildman–Crippen MR) is 101 cm³/mol. The molecule has 4 unspecified atom stereocenters. The van der Waals surface area contributed by atoms with Crippen molar-refractivity contribution in [3.05, 3.63) is 35.1 Å². The van der Waals surface area contributed by atoms with Gasteiger partial charge in [0.15, 0.2) is 5.79 Å². The van der Waals surface area contributed by atoms with E-state index in [0.717, 1.165) is 0 Å². The van der Waals surface area contributed by atoms with Crippen molar-refractivity contribution < 1.29 is 38.7 Å². The van der Waals surface area contributed by atoms with Crippen LogP contribution in [0, 0.1) is 0 Å². The average Bonchev–Trinajstić information content (AvgIpc) is 3.09. The fourth-order valence-electron chi connectivity index (χ4n) is 3.89. The van der Waals surface area contributed by atoms with Gasteiger partial charge in [-0.25, -0.2) is 9.59 Å². The highest BCUT2D eigenvalue weighted by Crippen LogP contribution is 2.49. The number of rotatable bonds is 5. The number of carbonyl (C=O) groups is 2. The molecular weight excluding hydrogens is 380 g/mol. The molecule has 2 bridgehead atoms. The minimum absolute atomic E-state index is 0.0346. The molecule has 0 saturated carbocycles.